The monoisotopic (exact) mass is 253 g/mol. The third-order valence-electron chi connectivity index (χ3n) is 3.37. The summed E-state index contributed by atoms with van der Waals surface area (Å²) in [5.41, 5.74) is 0.633. The maximum atomic E-state index is 11.2. The molecule has 1 aromatic rings. The summed E-state index contributed by atoms with van der Waals surface area (Å²) in [6.07, 6.45) is 0. The number of nitrogens with zero attached hydrogens (tertiary/aromatic N) is 4. The first-order chi connectivity index (χ1) is 8.60. The third-order valence-corrected chi connectivity index (χ3v) is 3.37. The van der Waals surface area contributed by atoms with E-state index in [1.165, 1.54) is 0 Å². The van der Waals surface area contributed by atoms with Crippen LogP contribution in [0.15, 0.2) is 0 Å². The summed E-state index contributed by atoms with van der Waals surface area (Å²) >= 11 is 0. The van der Waals surface area contributed by atoms with Gasteiger partial charge < -0.3 is 10.2 Å². The lowest BCUT2D eigenvalue weighted by molar-refractivity contribution is -0.384. The number of hydrogen-bond donors (Lipinski definition) is 1. The van der Waals surface area contributed by atoms with Crippen molar-refractivity contribution in [1.82, 2.24) is 15.1 Å². The van der Waals surface area contributed by atoms with Crippen molar-refractivity contribution in [3.8, 4) is 0 Å². The number of anilines is 1. The fraction of sp³-hybridized carbons (Fsp3) is 0.727. The molecule has 0 amide bonds. The Bertz CT molecular complexity index is 453. The zero-order valence-corrected chi connectivity index (χ0v) is 11.0. The minimum atomic E-state index is -0.321. The Morgan fingerprint density at radius 2 is 2.22 bits per heavy atom. The van der Waals surface area contributed by atoms with Crippen molar-refractivity contribution in [2.45, 2.75) is 33.4 Å². The number of hydrogen-bond acceptors (Lipinski definition) is 5. The second-order valence-corrected chi connectivity index (χ2v) is 4.43. The van der Waals surface area contributed by atoms with Crippen LogP contribution in [-0.4, -0.2) is 40.4 Å². The Hall–Kier alpha value is -1.63. The fourth-order valence-electron chi connectivity index (χ4n) is 2.35. The zero-order valence-electron chi connectivity index (χ0n) is 11.0. The molecule has 1 N–H and O–H groups in total. The summed E-state index contributed by atoms with van der Waals surface area (Å²) in [5.74, 6) is 0.647. The third kappa shape index (κ3) is 1.94. The number of rotatable bonds is 5. The molecule has 0 saturated carbocycles. The van der Waals surface area contributed by atoms with Crippen molar-refractivity contribution in [1.29, 1.82) is 0 Å². The van der Waals surface area contributed by atoms with E-state index >= 15 is 0 Å². The zero-order chi connectivity index (χ0) is 13.3. The summed E-state index contributed by atoms with van der Waals surface area (Å²) in [7, 11) is 0. The molecule has 2 rings (SSSR count). The van der Waals surface area contributed by atoms with Crippen molar-refractivity contribution in [2.24, 2.45) is 0 Å². The van der Waals surface area contributed by atoms with Crippen LogP contribution in [0.3, 0.4) is 0 Å². The Balaban J connectivity index is 2.48. The number of aryl methyl sites for hydroxylation is 2. The van der Waals surface area contributed by atoms with Crippen molar-refractivity contribution in [3.05, 3.63) is 15.8 Å². The Labute approximate surface area is 106 Å². The molecule has 1 aliphatic rings. The SMILES string of the molecule is CCN(c1c([N+](=O)[O-])c(C)nn1CC)C1CNC1. The van der Waals surface area contributed by atoms with E-state index in [2.05, 4.69) is 15.3 Å². The van der Waals surface area contributed by atoms with Crippen LogP contribution in [-0.2, 0) is 6.54 Å². The lowest BCUT2D eigenvalue weighted by Gasteiger charge is -2.38. The molecule has 100 valence electrons. The summed E-state index contributed by atoms with van der Waals surface area (Å²) in [6.45, 7) is 8.80. The minimum Gasteiger partial charge on any atom is -0.346 e. The van der Waals surface area contributed by atoms with Gasteiger partial charge in [-0.3, -0.25) is 10.1 Å². The molecule has 1 fully saturated rings. The molecular formula is C11H19N5O2. The van der Waals surface area contributed by atoms with Crippen molar-refractivity contribution >= 4 is 11.5 Å². The molecule has 0 unspecified atom stereocenters. The summed E-state index contributed by atoms with van der Waals surface area (Å²) in [4.78, 5) is 13.0. The topological polar surface area (TPSA) is 76.2 Å². The van der Waals surface area contributed by atoms with Crippen LogP contribution in [0.25, 0.3) is 0 Å². The minimum absolute atomic E-state index is 0.144. The van der Waals surface area contributed by atoms with E-state index in [0.29, 0.717) is 24.1 Å². The average Bonchev–Trinajstić information content (AvgIpc) is 2.59. The largest absolute Gasteiger partial charge is 0.346 e. The summed E-state index contributed by atoms with van der Waals surface area (Å²) < 4.78 is 1.73. The average molecular weight is 253 g/mol. The van der Waals surface area contributed by atoms with Gasteiger partial charge >= 0.3 is 5.69 Å². The summed E-state index contributed by atoms with van der Waals surface area (Å²) in [6, 6.07) is 0.329. The van der Waals surface area contributed by atoms with E-state index in [9.17, 15) is 10.1 Å². The van der Waals surface area contributed by atoms with Crippen LogP contribution in [0.4, 0.5) is 11.5 Å². The van der Waals surface area contributed by atoms with Crippen LogP contribution in [0.2, 0.25) is 0 Å². The van der Waals surface area contributed by atoms with Gasteiger partial charge in [0, 0.05) is 26.2 Å². The lowest BCUT2D eigenvalue weighted by Crippen LogP contribution is -2.57. The number of nitrogens with one attached hydrogen (secondary N) is 1. The molecule has 0 aromatic carbocycles. The molecule has 0 aliphatic carbocycles. The first kappa shape index (κ1) is 12.8. The van der Waals surface area contributed by atoms with Crippen LogP contribution in [0.1, 0.15) is 19.5 Å². The second kappa shape index (κ2) is 4.93. The van der Waals surface area contributed by atoms with Gasteiger partial charge in [0.15, 0.2) is 0 Å². The number of nitro groups is 1. The highest BCUT2D eigenvalue weighted by Gasteiger charge is 2.34. The van der Waals surface area contributed by atoms with E-state index in [4.69, 9.17) is 0 Å². The molecule has 2 heterocycles. The highest BCUT2D eigenvalue weighted by atomic mass is 16.6. The van der Waals surface area contributed by atoms with Gasteiger partial charge in [0.2, 0.25) is 5.82 Å². The highest BCUT2D eigenvalue weighted by molar-refractivity contribution is 5.62. The van der Waals surface area contributed by atoms with Crippen molar-refractivity contribution in [3.63, 3.8) is 0 Å². The molecule has 1 aromatic heterocycles. The normalized spacial score (nSPS) is 15.5. The Morgan fingerprint density at radius 3 is 2.61 bits per heavy atom. The molecule has 0 atom stereocenters. The van der Waals surface area contributed by atoms with Gasteiger partial charge in [-0.05, 0) is 20.8 Å². The predicted molar refractivity (Wildman–Crippen MR) is 69.0 cm³/mol. The molecule has 18 heavy (non-hydrogen) atoms. The van der Waals surface area contributed by atoms with Crippen molar-refractivity contribution in [2.75, 3.05) is 24.5 Å². The van der Waals surface area contributed by atoms with E-state index in [0.717, 1.165) is 19.6 Å². The van der Waals surface area contributed by atoms with Crippen LogP contribution in [0, 0.1) is 17.0 Å². The van der Waals surface area contributed by atoms with Gasteiger partial charge in [-0.2, -0.15) is 5.10 Å². The van der Waals surface area contributed by atoms with Gasteiger partial charge in [0.05, 0.1) is 11.0 Å². The van der Waals surface area contributed by atoms with E-state index in [1.807, 2.05) is 13.8 Å². The number of aromatic nitrogens is 2. The standard InChI is InChI=1S/C11H19N5O2/c1-4-14(9-6-12-7-9)11-10(16(17)18)8(3)13-15(11)5-2/h9,12H,4-7H2,1-3H3. The van der Waals surface area contributed by atoms with E-state index < -0.39 is 0 Å². The van der Waals surface area contributed by atoms with Crippen LogP contribution in [0.5, 0.6) is 0 Å². The van der Waals surface area contributed by atoms with Crippen molar-refractivity contribution < 1.29 is 4.92 Å². The molecule has 7 heteroatoms. The molecule has 1 saturated heterocycles. The van der Waals surface area contributed by atoms with Gasteiger partial charge in [0.25, 0.3) is 0 Å². The Morgan fingerprint density at radius 1 is 1.56 bits per heavy atom. The first-order valence-corrected chi connectivity index (χ1v) is 6.29. The van der Waals surface area contributed by atoms with Gasteiger partial charge in [-0.15, -0.1) is 0 Å². The van der Waals surface area contributed by atoms with Gasteiger partial charge in [0.1, 0.15) is 5.69 Å². The smallest absolute Gasteiger partial charge is 0.333 e. The molecule has 0 bridgehead atoms. The fourth-order valence-corrected chi connectivity index (χ4v) is 2.35. The van der Waals surface area contributed by atoms with E-state index in [-0.39, 0.29) is 10.6 Å². The first-order valence-electron chi connectivity index (χ1n) is 6.29. The number of likely N-dealkylation sites (N-methyl/N-ethyl adjacent to an activating group) is 1. The van der Waals surface area contributed by atoms with Gasteiger partial charge in [-0.1, -0.05) is 0 Å². The maximum absolute atomic E-state index is 11.2. The molecular weight excluding hydrogens is 234 g/mol. The lowest BCUT2D eigenvalue weighted by atomic mass is 10.1. The second-order valence-electron chi connectivity index (χ2n) is 4.43. The summed E-state index contributed by atoms with van der Waals surface area (Å²) in [5, 5.41) is 18.7. The molecule has 1 aliphatic heterocycles. The van der Waals surface area contributed by atoms with E-state index in [1.54, 1.807) is 11.6 Å². The van der Waals surface area contributed by atoms with Gasteiger partial charge in [-0.25, -0.2) is 4.68 Å². The highest BCUT2D eigenvalue weighted by Crippen LogP contribution is 2.33. The predicted octanol–water partition coefficient (Wildman–Crippen LogP) is 0.918. The molecule has 0 spiro atoms. The van der Waals surface area contributed by atoms with Crippen LogP contribution < -0.4 is 10.2 Å². The quantitative estimate of drug-likeness (QED) is 0.623. The Kier molecular flexibility index (Phi) is 3.51. The van der Waals surface area contributed by atoms with Crippen LogP contribution >= 0.6 is 0 Å². The maximum Gasteiger partial charge on any atom is 0.333 e. The molecule has 7 nitrogen and oxygen atoms in total. The molecule has 0 radical (unpaired) electrons.